The molecule has 0 aliphatic heterocycles. The van der Waals surface area contributed by atoms with Crippen LogP contribution in [0, 0.1) is 17.8 Å². The summed E-state index contributed by atoms with van der Waals surface area (Å²) in [6.45, 7) is 5.66. The van der Waals surface area contributed by atoms with Crippen LogP contribution in [0.4, 0.5) is 0 Å². The Kier molecular flexibility index (Phi) is 6.46. The normalized spacial score (nSPS) is 27.6. The summed E-state index contributed by atoms with van der Waals surface area (Å²) in [6.07, 6.45) is 2.74. The molecule has 116 valence electrons. The number of aliphatic hydroxyl groups is 1. The fraction of sp³-hybridized carbons (Fsp3) is 0.867. The largest absolute Gasteiger partial charge is 0.481 e. The van der Waals surface area contributed by atoms with Crippen molar-refractivity contribution in [3.63, 3.8) is 0 Å². The van der Waals surface area contributed by atoms with E-state index in [0.29, 0.717) is 12.3 Å². The van der Waals surface area contributed by atoms with Crippen molar-refractivity contribution in [3.05, 3.63) is 0 Å². The van der Waals surface area contributed by atoms with Gasteiger partial charge in [-0.2, -0.15) is 0 Å². The summed E-state index contributed by atoms with van der Waals surface area (Å²) < 4.78 is 0. The van der Waals surface area contributed by atoms with Crippen molar-refractivity contribution in [2.45, 2.75) is 65.0 Å². The maximum atomic E-state index is 11.4. The highest BCUT2D eigenvalue weighted by Gasteiger charge is 2.42. The summed E-state index contributed by atoms with van der Waals surface area (Å²) >= 11 is 0. The minimum atomic E-state index is -0.867. The Morgan fingerprint density at radius 3 is 2.30 bits per heavy atom. The number of aliphatic carboxylic acids is 1. The minimum Gasteiger partial charge on any atom is -0.481 e. The number of amides is 1. The van der Waals surface area contributed by atoms with E-state index in [4.69, 9.17) is 5.11 Å². The molecular weight excluding hydrogens is 258 g/mol. The van der Waals surface area contributed by atoms with Gasteiger partial charge in [0.1, 0.15) is 0 Å². The number of hydrogen-bond donors (Lipinski definition) is 3. The number of carboxylic acid groups (broad SMARTS) is 1. The predicted octanol–water partition coefficient (Wildman–Crippen LogP) is 1.79. The van der Waals surface area contributed by atoms with Crippen LogP contribution in [-0.2, 0) is 9.59 Å². The molecule has 1 fully saturated rings. The molecule has 4 atom stereocenters. The second kappa shape index (κ2) is 7.62. The highest BCUT2D eigenvalue weighted by molar-refractivity contribution is 5.73. The lowest BCUT2D eigenvalue weighted by Gasteiger charge is -2.33. The second-order valence-electron chi connectivity index (χ2n) is 5.89. The second-order valence-corrected chi connectivity index (χ2v) is 5.89. The minimum absolute atomic E-state index is 0.00732. The third-order valence-electron chi connectivity index (χ3n) is 4.62. The highest BCUT2D eigenvalue weighted by atomic mass is 16.4. The van der Waals surface area contributed by atoms with E-state index >= 15 is 0 Å². The van der Waals surface area contributed by atoms with Crippen LogP contribution in [0.1, 0.15) is 52.9 Å². The Morgan fingerprint density at radius 1 is 1.25 bits per heavy atom. The van der Waals surface area contributed by atoms with Crippen molar-refractivity contribution in [3.8, 4) is 0 Å². The van der Waals surface area contributed by atoms with Crippen LogP contribution in [0.15, 0.2) is 0 Å². The number of nitrogens with one attached hydrogen (secondary N) is 1. The average Bonchev–Trinajstić information content (AvgIpc) is 2.70. The molecule has 0 saturated heterocycles. The van der Waals surface area contributed by atoms with Crippen LogP contribution in [-0.4, -0.2) is 34.2 Å². The van der Waals surface area contributed by atoms with E-state index in [-0.39, 0.29) is 30.2 Å². The lowest BCUT2D eigenvalue weighted by Crippen LogP contribution is -2.47. The van der Waals surface area contributed by atoms with E-state index < -0.39 is 12.1 Å². The molecule has 0 aromatic heterocycles. The summed E-state index contributed by atoms with van der Waals surface area (Å²) in [4.78, 5) is 22.2. The highest BCUT2D eigenvalue weighted by Crippen LogP contribution is 2.38. The molecule has 1 aliphatic rings. The number of rotatable bonds is 7. The smallest absolute Gasteiger partial charge is 0.303 e. The van der Waals surface area contributed by atoms with Gasteiger partial charge >= 0.3 is 5.97 Å². The molecule has 0 heterocycles. The summed E-state index contributed by atoms with van der Waals surface area (Å²) in [5.74, 6) is -0.859. The van der Waals surface area contributed by atoms with Crippen LogP contribution >= 0.6 is 0 Å². The maximum absolute atomic E-state index is 11.4. The van der Waals surface area contributed by atoms with Crippen molar-refractivity contribution >= 4 is 11.9 Å². The number of carbonyl (C=O) groups excluding carboxylic acids is 1. The molecule has 1 saturated carbocycles. The van der Waals surface area contributed by atoms with Gasteiger partial charge in [0, 0.05) is 18.9 Å². The standard InChI is InChI=1S/C15H27NO4/c1-4-10(5-2)14(16-9(3)17)12-7-6-11(15(12)20)8-13(18)19/h10-12,14-15,20H,4-8H2,1-3H3,(H,16,17)(H,18,19). The Balaban J connectivity index is 2.81. The first kappa shape index (κ1) is 17.0. The van der Waals surface area contributed by atoms with Crippen LogP contribution in [0.25, 0.3) is 0 Å². The zero-order valence-electron chi connectivity index (χ0n) is 12.6. The summed E-state index contributed by atoms with van der Waals surface area (Å²) in [5, 5.41) is 22.3. The molecule has 0 aromatic rings. The topological polar surface area (TPSA) is 86.6 Å². The number of carbonyl (C=O) groups is 2. The summed E-state index contributed by atoms with van der Waals surface area (Å²) in [5.41, 5.74) is 0. The maximum Gasteiger partial charge on any atom is 0.303 e. The van der Waals surface area contributed by atoms with Crippen molar-refractivity contribution in [1.82, 2.24) is 5.32 Å². The van der Waals surface area contributed by atoms with Gasteiger partial charge < -0.3 is 15.5 Å². The molecule has 20 heavy (non-hydrogen) atoms. The van der Waals surface area contributed by atoms with Crippen LogP contribution in [0.2, 0.25) is 0 Å². The van der Waals surface area contributed by atoms with Gasteiger partial charge in [-0.05, 0) is 24.7 Å². The average molecular weight is 285 g/mol. The van der Waals surface area contributed by atoms with E-state index in [0.717, 1.165) is 19.3 Å². The predicted molar refractivity (Wildman–Crippen MR) is 76.2 cm³/mol. The van der Waals surface area contributed by atoms with Gasteiger partial charge in [-0.1, -0.05) is 26.7 Å². The van der Waals surface area contributed by atoms with Gasteiger partial charge in [0.2, 0.25) is 5.91 Å². The quantitative estimate of drug-likeness (QED) is 0.665. The molecule has 5 heteroatoms. The number of hydrogen-bond acceptors (Lipinski definition) is 3. The summed E-state index contributed by atoms with van der Waals surface area (Å²) in [6, 6.07) is -0.0590. The molecule has 0 bridgehead atoms. The van der Waals surface area contributed by atoms with Gasteiger partial charge in [0.25, 0.3) is 0 Å². The number of aliphatic hydroxyl groups excluding tert-OH is 1. The molecular formula is C15H27NO4. The molecule has 1 amide bonds. The molecule has 4 unspecified atom stereocenters. The monoisotopic (exact) mass is 285 g/mol. The molecule has 0 aromatic carbocycles. The fourth-order valence-corrected chi connectivity index (χ4v) is 3.54. The van der Waals surface area contributed by atoms with Gasteiger partial charge in [-0.15, -0.1) is 0 Å². The Hall–Kier alpha value is -1.10. The summed E-state index contributed by atoms with van der Waals surface area (Å²) in [7, 11) is 0. The Labute approximate surface area is 120 Å². The molecule has 0 spiro atoms. The molecule has 5 nitrogen and oxygen atoms in total. The Bertz CT molecular complexity index is 341. The Morgan fingerprint density at radius 2 is 1.85 bits per heavy atom. The molecule has 0 radical (unpaired) electrons. The zero-order chi connectivity index (χ0) is 15.3. The first-order chi connectivity index (χ1) is 9.40. The third-order valence-corrected chi connectivity index (χ3v) is 4.62. The van der Waals surface area contributed by atoms with Crippen molar-refractivity contribution < 1.29 is 19.8 Å². The lowest BCUT2D eigenvalue weighted by atomic mass is 9.81. The third kappa shape index (κ3) is 4.20. The van der Waals surface area contributed by atoms with Crippen LogP contribution in [0.5, 0.6) is 0 Å². The van der Waals surface area contributed by atoms with Crippen LogP contribution < -0.4 is 5.32 Å². The van der Waals surface area contributed by atoms with Gasteiger partial charge in [-0.25, -0.2) is 0 Å². The van der Waals surface area contributed by atoms with Crippen molar-refractivity contribution in [2.24, 2.45) is 17.8 Å². The van der Waals surface area contributed by atoms with Crippen molar-refractivity contribution in [2.75, 3.05) is 0 Å². The van der Waals surface area contributed by atoms with Crippen molar-refractivity contribution in [1.29, 1.82) is 0 Å². The van der Waals surface area contributed by atoms with Gasteiger partial charge in [-0.3, -0.25) is 9.59 Å². The van der Waals surface area contributed by atoms with E-state index in [1.54, 1.807) is 0 Å². The first-order valence-electron chi connectivity index (χ1n) is 7.57. The zero-order valence-corrected chi connectivity index (χ0v) is 12.6. The van der Waals surface area contributed by atoms with E-state index in [2.05, 4.69) is 19.2 Å². The van der Waals surface area contributed by atoms with E-state index in [1.165, 1.54) is 6.92 Å². The van der Waals surface area contributed by atoms with E-state index in [1.807, 2.05) is 0 Å². The number of carboxylic acids is 1. The van der Waals surface area contributed by atoms with Gasteiger partial charge in [0.15, 0.2) is 0 Å². The van der Waals surface area contributed by atoms with Gasteiger partial charge in [0.05, 0.1) is 12.5 Å². The van der Waals surface area contributed by atoms with E-state index in [9.17, 15) is 14.7 Å². The molecule has 3 N–H and O–H groups in total. The molecule has 1 aliphatic carbocycles. The SMILES string of the molecule is CCC(CC)C(NC(C)=O)C1CCC(CC(=O)O)C1O. The molecule has 1 rings (SSSR count). The lowest BCUT2D eigenvalue weighted by molar-refractivity contribution is -0.139. The van der Waals surface area contributed by atoms with Crippen LogP contribution in [0.3, 0.4) is 0 Å². The fourth-order valence-electron chi connectivity index (χ4n) is 3.54. The first-order valence-corrected chi connectivity index (χ1v) is 7.57.